The summed E-state index contributed by atoms with van der Waals surface area (Å²) in [6, 6.07) is 7.42. The minimum Gasteiger partial charge on any atom is -0.339 e. The molecule has 0 atom stereocenters. The molecule has 0 aliphatic carbocycles. The first kappa shape index (κ1) is 15.9. The van der Waals surface area contributed by atoms with Crippen molar-refractivity contribution >= 4 is 21.8 Å². The van der Waals surface area contributed by atoms with Crippen LogP contribution in [-0.4, -0.2) is 68.5 Å². The summed E-state index contributed by atoms with van der Waals surface area (Å²) in [5.41, 5.74) is 1.65. The maximum absolute atomic E-state index is 12.5. The van der Waals surface area contributed by atoms with Crippen LogP contribution in [0.15, 0.2) is 24.3 Å². The van der Waals surface area contributed by atoms with Crippen molar-refractivity contribution in [2.45, 2.75) is 6.42 Å². The van der Waals surface area contributed by atoms with Crippen LogP contribution in [0.5, 0.6) is 0 Å². The fourth-order valence-corrected chi connectivity index (χ4v) is 3.90. The Bertz CT molecular complexity index is 732. The second-order valence-corrected chi connectivity index (χ2v) is 7.65. The van der Waals surface area contributed by atoms with Crippen molar-refractivity contribution in [3.05, 3.63) is 35.4 Å². The molecule has 0 bridgehead atoms. The van der Waals surface area contributed by atoms with Gasteiger partial charge in [0.05, 0.1) is 5.75 Å². The number of sulfonamides is 1. The van der Waals surface area contributed by atoms with E-state index >= 15 is 0 Å². The molecule has 0 radical (unpaired) electrons. The summed E-state index contributed by atoms with van der Waals surface area (Å²) in [6.45, 7) is 1.20. The number of nitrogens with zero attached hydrogens (tertiary/aromatic N) is 2. The highest BCUT2D eigenvalue weighted by Crippen LogP contribution is 2.18. The van der Waals surface area contributed by atoms with Gasteiger partial charge in [0.25, 0.3) is 5.91 Å². The van der Waals surface area contributed by atoms with E-state index in [9.17, 15) is 18.0 Å². The molecule has 0 saturated carbocycles. The van der Waals surface area contributed by atoms with E-state index in [0.717, 1.165) is 12.0 Å². The molecule has 1 N–H and O–H groups in total. The van der Waals surface area contributed by atoms with Gasteiger partial charge < -0.3 is 9.80 Å². The molecule has 7 nitrogen and oxygen atoms in total. The summed E-state index contributed by atoms with van der Waals surface area (Å²) in [5.74, 6) is -0.451. The van der Waals surface area contributed by atoms with Crippen LogP contribution in [0.2, 0.25) is 0 Å². The Hall–Kier alpha value is -1.93. The number of fused-ring (bicyclic) bond motifs is 1. The van der Waals surface area contributed by atoms with Gasteiger partial charge in [0.15, 0.2) is 0 Å². The first-order chi connectivity index (χ1) is 11.0. The molecule has 1 fully saturated rings. The largest absolute Gasteiger partial charge is 0.339 e. The Kier molecular flexibility index (Phi) is 4.36. The van der Waals surface area contributed by atoms with E-state index in [2.05, 4.69) is 4.72 Å². The van der Waals surface area contributed by atoms with E-state index in [1.54, 1.807) is 6.07 Å². The molecule has 124 valence electrons. The van der Waals surface area contributed by atoms with Crippen molar-refractivity contribution in [2.75, 3.05) is 38.5 Å². The highest BCUT2D eigenvalue weighted by atomic mass is 32.2. The maximum atomic E-state index is 12.5. The first-order valence-corrected chi connectivity index (χ1v) is 9.24. The van der Waals surface area contributed by atoms with Gasteiger partial charge >= 0.3 is 0 Å². The highest BCUT2D eigenvalue weighted by molar-refractivity contribution is 7.89. The van der Waals surface area contributed by atoms with Crippen LogP contribution in [-0.2, 0) is 21.2 Å². The van der Waals surface area contributed by atoms with E-state index in [1.165, 1.54) is 9.80 Å². The van der Waals surface area contributed by atoms with Gasteiger partial charge in [-0.25, -0.2) is 13.1 Å². The van der Waals surface area contributed by atoms with Crippen molar-refractivity contribution in [2.24, 2.45) is 0 Å². The fourth-order valence-electron chi connectivity index (χ4n) is 2.89. The first-order valence-electron chi connectivity index (χ1n) is 7.58. The number of carbonyl (C=O) groups excluding carboxylic acids is 2. The molecule has 0 spiro atoms. The van der Waals surface area contributed by atoms with E-state index in [0.29, 0.717) is 18.7 Å². The molecular formula is C15H19N3O4S. The number of carbonyl (C=O) groups is 2. The van der Waals surface area contributed by atoms with Crippen molar-refractivity contribution in [3.8, 4) is 0 Å². The number of hydrogen-bond acceptors (Lipinski definition) is 4. The molecule has 2 amide bonds. The second-order valence-electron chi connectivity index (χ2n) is 5.73. The molecule has 2 aliphatic rings. The standard InChI is InChI=1S/C15H19N3O4S/c19-14(17-8-6-16-23(21,22)10-9-17)11-18-7-5-12-3-1-2-4-13(12)15(18)20/h1-4,16H,5-11H2. The third-order valence-electron chi connectivity index (χ3n) is 4.20. The van der Waals surface area contributed by atoms with Crippen molar-refractivity contribution < 1.29 is 18.0 Å². The van der Waals surface area contributed by atoms with Gasteiger partial charge in [-0.05, 0) is 18.1 Å². The summed E-state index contributed by atoms with van der Waals surface area (Å²) in [6.07, 6.45) is 0.727. The lowest BCUT2D eigenvalue weighted by Gasteiger charge is -2.30. The average molecular weight is 337 g/mol. The van der Waals surface area contributed by atoms with E-state index in [4.69, 9.17) is 0 Å². The Morgan fingerprint density at radius 3 is 2.78 bits per heavy atom. The lowest BCUT2D eigenvalue weighted by atomic mass is 9.99. The van der Waals surface area contributed by atoms with Crippen LogP contribution in [0, 0.1) is 0 Å². The molecule has 1 saturated heterocycles. The number of hydrogen-bond donors (Lipinski definition) is 1. The summed E-state index contributed by atoms with van der Waals surface area (Å²) in [5, 5.41) is 0. The Labute approximate surface area is 135 Å². The highest BCUT2D eigenvalue weighted by Gasteiger charge is 2.28. The molecule has 1 aromatic rings. The topological polar surface area (TPSA) is 86.8 Å². The summed E-state index contributed by atoms with van der Waals surface area (Å²) >= 11 is 0. The smallest absolute Gasteiger partial charge is 0.254 e. The van der Waals surface area contributed by atoms with Crippen LogP contribution in [0.3, 0.4) is 0 Å². The van der Waals surface area contributed by atoms with Gasteiger partial charge in [0.2, 0.25) is 15.9 Å². The monoisotopic (exact) mass is 337 g/mol. The number of nitrogens with one attached hydrogen (secondary N) is 1. The Balaban J connectivity index is 1.66. The van der Waals surface area contributed by atoms with Crippen molar-refractivity contribution in [1.82, 2.24) is 14.5 Å². The molecule has 2 aliphatic heterocycles. The average Bonchev–Trinajstić information content (AvgIpc) is 2.71. The van der Waals surface area contributed by atoms with Gasteiger partial charge in [-0.1, -0.05) is 18.2 Å². The van der Waals surface area contributed by atoms with Crippen LogP contribution in [0.25, 0.3) is 0 Å². The zero-order valence-electron chi connectivity index (χ0n) is 12.7. The zero-order chi connectivity index (χ0) is 16.4. The van der Waals surface area contributed by atoms with Gasteiger partial charge in [-0.15, -0.1) is 0 Å². The van der Waals surface area contributed by atoms with Crippen LogP contribution in [0.4, 0.5) is 0 Å². The van der Waals surface area contributed by atoms with Gasteiger partial charge in [-0.2, -0.15) is 0 Å². The molecule has 8 heteroatoms. The summed E-state index contributed by atoms with van der Waals surface area (Å²) in [4.78, 5) is 27.9. The number of amides is 2. The predicted molar refractivity (Wildman–Crippen MR) is 84.4 cm³/mol. The normalized spacial score (nSPS) is 20.8. The molecule has 1 aromatic carbocycles. The number of benzene rings is 1. The SMILES string of the molecule is O=C(CN1CCc2ccccc2C1=O)N1CCNS(=O)(=O)CC1. The van der Waals surface area contributed by atoms with Gasteiger partial charge in [-0.3, -0.25) is 9.59 Å². The molecular weight excluding hydrogens is 318 g/mol. The predicted octanol–water partition coefficient (Wildman–Crippen LogP) is -0.553. The second kappa shape index (κ2) is 6.29. The van der Waals surface area contributed by atoms with E-state index in [1.807, 2.05) is 18.2 Å². The molecule has 23 heavy (non-hydrogen) atoms. The minimum atomic E-state index is -3.29. The molecule has 2 heterocycles. The quantitative estimate of drug-likeness (QED) is 0.784. The van der Waals surface area contributed by atoms with Crippen LogP contribution < -0.4 is 4.72 Å². The summed E-state index contributed by atoms with van der Waals surface area (Å²) in [7, 11) is -3.29. The summed E-state index contributed by atoms with van der Waals surface area (Å²) < 4.78 is 25.4. The molecule has 0 aromatic heterocycles. The maximum Gasteiger partial charge on any atom is 0.254 e. The molecule has 0 unspecified atom stereocenters. The third kappa shape index (κ3) is 3.53. The Morgan fingerprint density at radius 2 is 1.96 bits per heavy atom. The lowest BCUT2D eigenvalue weighted by molar-refractivity contribution is -0.131. The van der Waals surface area contributed by atoms with Gasteiger partial charge in [0, 0.05) is 31.7 Å². The zero-order valence-corrected chi connectivity index (χ0v) is 13.5. The van der Waals surface area contributed by atoms with Crippen molar-refractivity contribution in [1.29, 1.82) is 0 Å². The van der Waals surface area contributed by atoms with E-state index < -0.39 is 10.0 Å². The molecule has 3 rings (SSSR count). The van der Waals surface area contributed by atoms with Crippen LogP contribution in [0.1, 0.15) is 15.9 Å². The van der Waals surface area contributed by atoms with Crippen LogP contribution >= 0.6 is 0 Å². The van der Waals surface area contributed by atoms with Crippen molar-refractivity contribution in [3.63, 3.8) is 0 Å². The Morgan fingerprint density at radius 1 is 1.17 bits per heavy atom. The lowest BCUT2D eigenvalue weighted by Crippen LogP contribution is -2.46. The fraction of sp³-hybridized carbons (Fsp3) is 0.467. The van der Waals surface area contributed by atoms with E-state index in [-0.39, 0.29) is 37.2 Å². The number of rotatable bonds is 2. The minimum absolute atomic E-state index is 0.00673. The van der Waals surface area contributed by atoms with Gasteiger partial charge in [0.1, 0.15) is 6.54 Å². The third-order valence-corrected chi connectivity index (χ3v) is 5.56.